The predicted molar refractivity (Wildman–Crippen MR) is 99.6 cm³/mol. The van der Waals surface area contributed by atoms with Gasteiger partial charge in [0.25, 0.3) is 0 Å². The molecule has 0 aliphatic rings. The molecular formula is C18H16N6O2S. The van der Waals surface area contributed by atoms with Crippen molar-refractivity contribution in [1.82, 2.24) is 30.3 Å². The normalized spacial score (nSPS) is 11.0. The maximum Gasteiger partial charge on any atom is 0.226 e. The van der Waals surface area contributed by atoms with Crippen molar-refractivity contribution < 1.29 is 9.63 Å². The highest BCUT2D eigenvalue weighted by Crippen LogP contribution is 2.21. The minimum Gasteiger partial charge on any atom is -0.508 e. The molecule has 136 valence electrons. The summed E-state index contributed by atoms with van der Waals surface area (Å²) in [5.41, 5.74) is 1.74. The van der Waals surface area contributed by atoms with Crippen LogP contribution in [0.3, 0.4) is 0 Å². The van der Waals surface area contributed by atoms with Crippen LogP contribution >= 0.6 is 11.8 Å². The average molecular weight is 380 g/mol. The van der Waals surface area contributed by atoms with Gasteiger partial charge in [0.1, 0.15) is 5.75 Å². The highest BCUT2D eigenvalue weighted by Gasteiger charge is 2.11. The lowest BCUT2D eigenvalue weighted by Gasteiger charge is -2.03. The number of benzene rings is 2. The number of thioether (sulfide) groups is 1. The molecule has 8 nitrogen and oxygen atoms in total. The van der Waals surface area contributed by atoms with Gasteiger partial charge in [0.2, 0.25) is 16.9 Å². The van der Waals surface area contributed by atoms with Crippen LogP contribution in [0.25, 0.3) is 17.1 Å². The molecule has 0 radical (unpaired) electrons. The van der Waals surface area contributed by atoms with Crippen molar-refractivity contribution in [2.75, 3.05) is 5.75 Å². The molecule has 2 aromatic heterocycles. The standard InChI is InChI=1S/C18H16N6O2S/c25-15-10-8-14(9-11-15)24-18(20-22-23-24)27-12-4-7-16-19-17(21-26-16)13-5-2-1-3-6-13/h1-3,5-6,8-11,25H,4,7,12H2. The van der Waals surface area contributed by atoms with E-state index in [4.69, 9.17) is 4.52 Å². The number of tetrazole rings is 1. The average Bonchev–Trinajstić information content (AvgIpc) is 3.36. The van der Waals surface area contributed by atoms with Gasteiger partial charge in [0.15, 0.2) is 0 Å². The summed E-state index contributed by atoms with van der Waals surface area (Å²) >= 11 is 1.55. The molecule has 9 heteroatoms. The van der Waals surface area contributed by atoms with E-state index in [1.54, 1.807) is 40.7 Å². The maximum absolute atomic E-state index is 9.39. The molecule has 0 atom stereocenters. The number of phenolic OH excluding ortho intramolecular Hbond substituents is 1. The SMILES string of the molecule is Oc1ccc(-n2nnnc2SCCCc2nc(-c3ccccc3)no2)cc1. The zero-order valence-electron chi connectivity index (χ0n) is 14.3. The van der Waals surface area contributed by atoms with Crippen LogP contribution in [0.5, 0.6) is 5.75 Å². The van der Waals surface area contributed by atoms with Gasteiger partial charge in [-0.15, -0.1) is 5.10 Å². The second-order valence-electron chi connectivity index (χ2n) is 5.72. The first-order valence-electron chi connectivity index (χ1n) is 8.38. The monoisotopic (exact) mass is 380 g/mol. The van der Waals surface area contributed by atoms with Gasteiger partial charge >= 0.3 is 0 Å². The van der Waals surface area contributed by atoms with E-state index >= 15 is 0 Å². The fraction of sp³-hybridized carbons (Fsp3) is 0.167. The molecule has 1 N–H and O–H groups in total. The quantitative estimate of drug-likeness (QED) is 0.385. The van der Waals surface area contributed by atoms with Crippen LogP contribution in [0.15, 0.2) is 64.3 Å². The van der Waals surface area contributed by atoms with Crippen LogP contribution in [0.2, 0.25) is 0 Å². The van der Waals surface area contributed by atoms with E-state index in [9.17, 15) is 5.11 Å². The van der Waals surface area contributed by atoms with Crippen LogP contribution in [0.4, 0.5) is 0 Å². The molecule has 0 amide bonds. The van der Waals surface area contributed by atoms with Crippen LogP contribution in [0, 0.1) is 0 Å². The topological polar surface area (TPSA) is 103 Å². The van der Waals surface area contributed by atoms with Gasteiger partial charge in [-0.25, -0.2) is 0 Å². The van der Waals surface area contributed by atoms with Crippen molar-refractivity contribution in [2.24, 2.45) is 0 Å². The summed E-state index contributed by atoms with van der Waals surface area (Å²) in [6, 6.07) is 16.5. The molecule has 0 aliphatic carbocycles. The number of aryl methyl sites for hydroxylation is 1. The van der Waals surface area contributed by atoms with Crippen LogP contribution in [-0.4, -0.2) is 41.2 Å². The third-order valence-electron chi connectivity index (χ3n) is 3.80. The van der Waals surface area contributed by atoms with Gasteiger partial charge in [-0.2, -0.15) is 9.67 Å². The molecule has 27 heavy (non-hydrogen) atoms. The van der Waals surface area contributed by atoms with E-state index in [-0.39, 0.29) is 5.75 Å². The second-order valence-corrected chi connectivity index (χ2v) is 6.78. The Hall–Kier alpha value is -3.20. The van der Waals surface area contributed by atoms with Crippen molar-refractivity contribution in [2.45, 2.75) is 18.0 Å². The van der Waals surface area contributed by atoms with Crippen LogP contribution < -0.4 is 0 Å². The first-order valence-corrected chi connectivity index (χ1v) is 9.37. The Balaban J connectivity index is 1.32. The van der Waals surface area contributed by atoms with Gasteiger partial charge in [0.05, 0.1) is 5.69 Å². The van der Waals surface area contributed by atoms with E-state index in [0.29, 0.717) is 23.3 Å². The molecule has 4 aromatic rings. The largest absolute Gasteiger partial charge is 0.508 e. The lowest BCUT2D eigenvalue weighted by Crippen LogP contribution is -1.99. The van der Waals surface area contributed by atoms with E-state index < -0.39 is 0 Å². The molecular weight excluding hydrogens is 364 g/mol. The molecule has 0 fully saturated rings. The van der Waals surface area contributed by atoms with Crippen molar-refractivity contribution in [3.8, 4) is 22.8 Å². The summed E-state index contributed by atoms with van der Waals surface area (Å²) in [7, 11) is 0. The summed E-state index contributed by atoms with van der Waals surface area (Å²) in [6.45, 7) is 0. The molecule has 0 saturated carbocycles. The zero-order valence-corrected chi connectivity index (χ0v) is 15.1. The highest BCUT2D eigenvalue weighted by molar-refractivity contribution is 7.99. The van der Waals surface area contributed by atoms with E-state index in [2.05, 4.69) is 25.7 Å². The fourth-order valence-corrected chi connectivity index (χ4v) is 3.30. The lowest BCUT2D eigenvalue weighted by atomic mass is 10.2. The van der Waals surface area contributed by atoms with E-state index in [1.807, 2.05) is 30.3 Å². The molecule has 2 heterocycles. The Morgan fingerprint density at radius 2 is 1.85 bits per heavy atom. The smallest absolute Gasteiger partial charge is 0.226 e. The third-order valence-corrected chi connectivity index (χ3v) is 4.81. The number of aromatic nitrogens is 6. The molecule has 0 aliphatic heterocycles. The predicted octanol–water partition coefficient (Wildman–Crippen LogP) is 3.14. The molecule has 2 aromatic carbocycles. The van der Waals surface area contributed by atoms with Crippen molar-refractivity contribution in [3.05, 3.63) is 60.5 Å². The first-order chi connectivity index (χ1) is 13.3. The highest BCUT2D eigenvalue weighted by atomic mass is 32.2. The summed E-state index contributed by atoms with van der Waals surface area (Å²) in [5.74, 6) is 2.24. The van der Waals surface area contributed by atoms with Crippen molar-refractivity contribution in [1.29, 1.82) is 0 Å². The molecule has 0 spiro atoms. The number of rotatable bonds is 7. The summed E-state index contributed by atoms with van der Waals surface area (Å²) in [6.07, 6.45) is 1.54. The summed E-state index contributed by atoms with van der Waals surface area (Å²) in [5, 5.41) is 25.9. The maximum atomic E-state index is 9.39. The number of phenols is 1. The van der Waals surface area contributed by atoms with Crippen LogP contribution in [-0.2, 0) is 6.42 Å². The summed E-state index contributed by atoms with van der Waals surface area (Å²) < 4.78 is 6.96. The van der Waals surface area contributed by atoms with Gasteiger partial charge in [-0.05, 0) is 41.1 Å². The molecule has 4 rings (SSSR count). The first kappa shape index (κ1) is 17.2. The lowest BCUT2D eigenvalue weighted by molar-refractivity contribution is 0.378. The van der Waals surface area contributed by atoms with E-state index in [1.165, 1.54) is 0 Å². The van der Waals surface area contributed by atoms with Gasteiger partial charge in [-0.1, -0.05) is 47.3 Å². The van der Waals surface area contributed by atoms with Crippen molar-refractivity contribution in [3.63, 3.8) is 0 Å². The Morgan fingerprint density at radius 3 is 2.67 bits per heavy atom. The Morgan fingerprint density at radius 1 is 1.04 bits per heavy atom. The number of hydrogen-bond acceptors (Lipinski definition) is 8. The summed E-state index contributed by atoms with van der Waals surface area (Å²) in [4.78, 5) is 4.43. The number of nitrogens with zero attached hydrogens (tertiary/aromatic N) is 6. The number of hydrogen-bond donors (Lipinski definition) is 1. The molecule has 0 unspecified atom stereocenters. The number of aromatic hydroxyl groups is 1. The van der Waals surface area contributed by atoms with Gasteiger partial charge in [-0.3, -0.25) is 0 Å². The van der Waals surface area contributed by atoms with Gasteiger partial charge < -0.3 is 9.63 Å². The van der Waals surface area contributed by atoms with E-state index in [0.717, 1.165) is 23.4 Å². The fourth-order valence-electron chi connectivity index (χ4n) is 2.47. The Bertz CT molecular complexity index is 1000. The third kappa shape index (κ3) is 4.14. The Kier molecular flexibility index (Phi) is 5.10. The van der Waals surface area contributed by atoms with Crippen LogP contribution in [0.1, 0.15) is 12.3 Å². The second kappa shape index (κ2) is 8.00. The van der Waals surface area contributed by atoms with Crippen molar-refractivity contribution >= 4 is 11.8 Å². The Labute approximate surface area is 159 Å². The molecule has 0 saturated heterocycles. The molecule has 0 bridgehead atoms. The van der Waals surface area contributed by atoms with Gasteiger partial charge in [0, 0.05) is 17.7 Å². The zero-order chi connectivity index (χ0) is 18.5. The minimum absolute atomic E-state index is 0.204. The minimum atomic E-state index is 0.204.